The molecule has 0 fully saturated rings. The largest absolute Gasteiger partial charge is 0.490 e. The number of hydrogen-bond acceptors (Lipinski definition) is 3. The zero-order valence-electron chi connectivity index (χ0n) is 9.54. The van der Waals surface area contributed by atoms with Gasteiger partial charge in [-0.3, -0.25) is 0 Å². The van der Waals surface area contributed by atoms with Crippen molar-refractivity contribution in [2.45, 2.75) is 0 Å². The third-order valence-electron chi connectivity index (χ3n) is 1.73. The summed E-state index contributed by atoms with van der Waals surface area (Å²) in [7, 11) is 0. The van der Waals surface area contributed by atoms with Gasteiger partial charge in [0.25, 0.3) is 0 Å². The Morgan fingerprint density at radius 1 is 1.44 bits per heavy atom. The summed E-state index contributed by atoms with van der Waals surface area (Å²) < 4.78 is 8.52. The van der Waals surface area contributed by atoms with Crippen LogP contribution in [0.4, 0.5) is 0 Å². The van der Waals surface area contributed by atoms with Crippen molar-refractivity contribution in [2.75, 3.05) is 6.61 Å². The first kappa shape index (κ1) is 16.3. The summed E-state index contributed by atoms with van der Waals surface area (Å²) in [4.78, 5) is 0. The van der Waals surface area contributed by atoms with Crippen LogP contribution in [0.2, 0.25) is 0 Å². The highest BCUT2D eigenvalue weighted by atomic mass is 35.5. The summed E-state index contributed by atoms with van der Waals surface area (Å²) in [6.07, 6.45) is 3.28. The van der Waals surface area contributed by atoms with Gasteiger partial charge in [-0.25, -0.2) is 5.43 Å². The second kappa shape index (κ2) is 9.32. The molecule has 0 aromatic heterocycles. The van der Waals surface area contributed by atoms with E-state index in [-0.39, 0.29) is 18.4 Å². The Bertz CT molecular complexity index is 418. The number of nitrogens with zero attached hydrogens (tertiary/aromatic N) is 2. The van der Waals surface area contributed by atoms with Crippen LogP contribution in [-0.2, 0) is 0 Å². The van der Waals surface area contributed by atoms with Crippen LogP contribution in [0.15, 0.2) is 46.5 Å². The van der Waals surface area contributed by atoms with Crippen LogP contribution in [0.5, 0.6) is 5.75 Å². The van der Waals surface area contributed by atoms with Gasteiger partial charge in [-0.15, -0.1) is 16.9 Å². The Hall–Kier alpha value is -1.72. The zero-order chi connectivity index (χ0) is 12.5. The monoisotopic (exact) mass is 288 g/mol. The first-order chi connectivity index (χ1) is 8.26. The fourth-order valence-corrected chi connectivity index (χ4v) is 1.03. The molecule has 0 radical (unpaired) electrons. The van der Waals surface area contributed by atoms with Gasteiger partial charge in [-0.05, 0) is 29.8 Å². The van der Waals surface area contributed by atoms with Crippen molar-refractivity contribution < 1.29 is 4.74 Å². The van der Waals surface area contributed by atoms with Gasteiger partial charge >= 0.3 is 0 Å². The average molecular weight is 289 g/mol. The smallest absolute Gasteiger partial charge is 0.226 e. The number of hydrazone groups is 1. The van der Waals surface area contributed by atoms with Gasteiger partial charge in [0.05, 0.1) is 6.21 Å². The van der Waals surface area contributed by atoms with Crippen LogP contribution < -0.4 is 15.9 Å². The Kier molecular flexibility index (Phi) is 8.43. The average Bonchev–Trinajstić information content (AvgIpc) is 2.37. The second-order valence-corrected chi connectivity index (χ2v) is 3.18. The third kappa shape index (κ3) is 6.12. The van der Waals surface area contributed by atoms with Gasteiger partial charge < -0.3 is 10.5 Å². The summed E-state index contributed by atoms with van der Waals surface area (Å²) >= 11 is 5.10. The lowest BCUT2D eigenvalue weighted by atomic mass is 10.2. The van der Waals surface area contributed by atoms with E-state index < -0.39 is 0 Å². The lowest BCUT2D eigenvalue weighted by molar-refractivity contribution is 0.363. The van der Waals surface area contributed by atoms with E-state index in [0.29, 0.717) is 6.61 Å². The Morgan fingerprint density at radius 3 is 2.67 bits per heavy atom. The minimum absolute atomic E-state index is 0. The fraction of sp³-hybridized carbons (Fsp3) is 0.0909. The Labute approximate surface area is 117 Å². The van der Waals surface area contributed by atoms with Crippen LogP contribution in [0.1, 0.15) is 5.56 Å². The Morgan fingerprint density at radius 2 is 2.11 bits per heavy atom. The number of nitrogens with one attached hydrogen (secondary N) is 1. The van der Waals surface area contributed by atoms with Crippen LogP contribution >= 0.6 is 24.2 Å². The summed E-state index contributed by atoms with van der Waals surface area (Å²) in [5, 5.41) is 3.83. The third-order valence-corrected chi connectivity index (χ3v) is 1.91. The lowest BCUT2D eigenvalue weighted by Gasteiger charge is -2.02. The highest BCUT2D eigenvalue weighted by Gasteiger charge is 1.92. The molecule has 98 valence electrons. The molecule has 0 amide bonds. The number of nitrogens with two attached hydrogens (primary N) is 1. The number of hydrogen-bond donors (Lipinski definition) is 2. The normalized spacial score (nSPS) is 10.8. The molecule has 0 spiro atoms. The molecular weight excluding hydrogens is 275 g/mol. The molecule has 0 atom stereocenters. The molecule has 0 heterocycles. The van der Waals surface area contributed by atoms with Crippen molar-refractivity contribution in [3.05, 3.63) is 42.5 Å². The highest BCUT2D eigenvalue weighted by molar-refractivity contribution is 6.19. The highest BCUT2D eigenvalue weighted by Crippen LogP contribution is 2.10. The Balaban J connectivity index is 0.00000289. The maximum atomic E-state index is 5.34. The molecule has 18 heavy (non-hydrogen) atoms. The van der Waals surface area contributed by atoms with Crippen LogP contribution in [0.25, 0.3) is 0 Å². The number of halogens is 2. The first-order valence-corrected chi connectivity index (χ1v) is 5.17. The molecule has 0 aliphatic rings. The first-order valence-electron chi connectivity index (χ1n) is 4.83. The van der Waals surface area contributed by atoms with E-state index in [0.717, 1.165) is 11.3 Å². The molecule has 3 N–H and O–H groups in total. The molecule has 0 unspecified atom stereocenters. The minimum atomic E-state index is 0. The van der Waals surface area contributed by atoms with Crippen LogP contribution in [0.3, 0.4) is 0 Å². The predicted octanol–water partition coefficient (Wildman–Crippen LogP) is 2.07. The van der Waals surface area contributed by atoms with E-state index in [1.165, 1.54) is 0 Å². The van der Waals surface area contributed by atoms with E-state index in [4.69, 9.17) is 22.2 Å². The van der Waals surface area contributed by atoms with Crippen LogP contribution in [0, 0.1) is 0 Å². The predicted molar refractivity (Wildman–Crippen MR) is 77.6 cm³/mol. The standard InChI is InChI=1S/C11H13ClN4O.ClH/c1-2-7-17-10-5-3-9(4-6-10)8-14-16-11(13)15-12;/h2-6,8H,1,7H2,(H3,13,15,16);1H. The van der Waals surface area contributed by atoms with E-state index in [2.05, 4.69) is 21.6 Å². The number of ether oxygens (including phenoxy) is 1. The minimum Gasteiger partial charge on any atom is -0.490 e. The molecule has 0 saturated heterocycles. The number of rotatable bonds is 5. The summed E-state index contributed by atoms with van der Waals surface area (Å²) in [6.45, 7) is 4.05. The summed E-state index contributed by atoms with van der Waals surface area (Å²) in [5.74, 6) is 0.811. The van der Waals surface area contributed by atoms with E-state index >= 15 is 0 Å². The fourth-order valence-electron chi connectivity index (χ4n) is 0.997. The van der Waals surface area contributed by atoms with Gasteiger partial charge in [0, 0.05) is 11.8 Å². The summed E-state index contributed by atoms with van der Waals surface area (Å²) in [6, 6.07) is 7.39. The van der Waals surface area contributed by atoms with Gasteiger partial charge in [0.1, 0.15) is 12.4 Å². The van der Waals surface area contributed by atoms with E-state index in [9.17, 15) is 0 Å². The van der Waals surface area contributed by atoms with E-state index in [1.807, 2.05) is 24.3 Å². The maximum Gasteiger partial charge on any atom is 0.226 e. The molecule has 1 aromatic rings. The molecule has 0 aliphatic carbocycles. The van der Waals surface area contributed by atoms with Gasteiger partial charge in [0.15, 0.2) is 0 Å². The number of benzene rings is 1. The summed E-state index contributed by atoms with van der Waals surface area (Å²) in [5.41, 5.74) is 8.62. The quantitative estimate of drug-likeness (QED) is 0.377. The van der Waals surface area contributed by atoms with Crippen molar-refractivity contribution >= 4 is 36.4 Å². The molecule has 0 saturated carbocycles. The van der Waals surface area contributed by atoms with Crippen molar-refractivity contribution in [1.29, 1.82) is 0 Å². The van der Waals surface area contributed by atoms with Gasteiger partial charge in [-0.2, -0.15) is 5.10 Å². The number of guanidine groups is 1. The van der Waals surface area contributed by atoms with Gasteiger partial charge in [0.2, 0.25) is 5.96 Å². The molecule has 7 heteroatoms. The zero-order valence-corrected chi connectivity index (χ0v) is 11.1. The molecule has 5 nitrogen and oxygen atoms in total. The van der Waals surface area contributed by atoms with Gasteiger partial charge in [-0.1, -0.05) is 12.7 Å². The maximum absolute atomic E-state index is 5.34. The molecule has 0 aliphatic heterocycles. The second-order valence-electron chi connectivity index (χ2n) is 3.01. The topological polar surface area (TPSA) is 72.0 Å². The molecular formula is C11H14Cl2N4O. The van der Waals surface area contributed by atoms with Crippen molar-refractivity contribution in [1.82, 2.24) is 5.43 Å². The lowest BCUT2D eigenvalue weighted by Crippen LogP contribution is -2.26. The van der Waals surface area contributed by atoms with Crippen LogP contribution in [-0.4, -0.2) is 18.8 Å². The molecule has 0 bridgehead atoms. The molecule has 1 aromatic carbocycles. The van der Waals surface area contributed by atoms with E-state index in [1.54, 1.807) is 12.3 Å². The van der Waals surface area contributed by atoms with Crippen molar-refractivity contribution in [3.8, 4) is 5.75 Å². The van der Waals surface area contributed by atoms with Crippen molar-refractivity contribution in [2.24, 2.45) is 15.3 Å². The molecule has 1 rings (SSSR count). The SMILES string of the molecule is C=CCOc1ccc(C=NN/C(N)=N/Cl)cc1.Cl. The van der Waals surface area contributed by atoms with Crippen molar-refractivity contribution in [3.63, 3.8) is 0 Å².